The molecule has 0 saturated heterocycles. The number of carboxylic acid groups (broad SMARTS) is 1. The van der Waals surface area contributed by atoms with E-state index in [0.29, 0.717) is 0 Å². The highest BCUT2D eigenvalue weighted by molar-refractivity contribution is 5.86. The van der Waals surface area contributed by atoms with Crippen molar-refractivity contribution in [1.82, 2.24) is 15.5 Å². The van der Waals surface area contributed by atoms with E-state index in [9.17, 15) is 24.0 Å². The van der Waals surface area contributed by atoms with Gasteiger partial charge < -0.3 is 26.4 Å². The van der Waals surface area contributed by atoms with E-state index in [-0.39, 0.29) is 68.2 Å². The zero-order valence-electron chi connectivity index (χ0n) is 18.6. The van der Waals surface area contributed by atoms with Crippen LogP contribution in [0.25, 0.3) is 0 Å². The molecule has 0 aliphatic heterocycles. The second kappa shape index (κ2) is 13.7. The van der Waals surface area contributed by atoms with Crippen LogP contribution in [0.5, 0.6) is 0 Å². The smallest absolute Gasteiger partial charge is 0.320 e. The van der Waals surface area contributed by atoms with E-state index < -0.39 is 24.0 Å². The van der Waals surface area contributed by atoms with Gasteiger partial charge in [-0.2, -0.15) is 0 Å². The fourth-order valence-electron chi connectivity index (χ4n) is 2.51. The summed E-state index contributed by atoms with van der Waals surface area (Å²) in [4.78, 5) is 60.2. The average molecular weight is 429 g/mol. The lowest BCUT2D eigenvalue weighted by Crippen LogP contribution is -2.51. The predicted molar refractivity (Wildman–Crippen MR) is 111 cm³/mol. The Morgan fingerprint density at radius 1 is 0.867 bits per heavy atom. The monoisotopic (exact) mass is 428 g/mol. The molecule has 172 valence electrons. The molecule has 0 aromatic heterocycles. The van der Waals surface area contributed by atoms with E-state index in [1.165, 1.54) is 4.90 Å². The largest absolute Gasteiger partial charge is 0.480 e. The molecule has 0 aliphatic carbocycles. The zero-order valence-corrected chi connectivity index (χ0v) is 18.6. The highest BCUT2D eigenvalue weighted by Crippen LogP contribution is 2.05. The van der Waals surface area contributed by atoms with Crippen LogP contribution in [0.2, 0.25) is 0 Å². The fraction of sp³-hybridized carbons (Fsp3) is 0.750. The molecule has 0 rings (SSSR count). The summed E-state index contributed by atoms with van der Waals surface area (Å²) in [5.41, 5.74) is 5.39. The topological polar surface area (TPSA) is 159 Å². The molecule has 0 heterocycles. The molecule has 30 heavy (non-hydrogen) atoms. The second-order valence-electron chi connectivity index (χ2n) is 7.97. The summed E-state index contributed by atoms with van der Waals surface area (Å²) in [6.45, 7) is 7.24. The number of Topliss-reactive ketones (excluding diaryl/α,β-unsaturated/α-hetero) is 1. The number of nitrogens with one attached hydrogen (secondary N) is 2. The molecule has 1 unspecified atom stereocenters. The van der Waals surface area contributed by atoms with Crippen LogP contribution in [0.3, 0.4) is 0 Å². The standard InChI is InChI=1S/C20H36N4O6/c1-12(2)16(25)7-9-18(27)23-11-14(24(5)19(28)13(3)4)10-22-17(26)8-6-15(21)20(29)30/h12-15H,6-11,21H2,1-5H3,(H,22,26)(H,23,27)(H,29,30)/t14?,15-/m0/s1. The summed E-state index contributed by atoms with van der Waals surface area (Å²) < 4.78 is 0. The summed E-state index contributed by atoms with van der Waals surface area (Å²) in [6.07, 6.45) is 0.138. The number of nitrogens with zero attached hydrogens (tertiary/aromatic N) is 1. The van der Waals surface area contributed by atoms with Crippen LogP contribution in [0, 0.1) is 11.8 Å². The molecule has 5 N–H and O–H groups in total. The first kappa shape index (κ1) is 27.5. The number of ketones is 1. The van der Waals surface area contributed by atoms with Crippen LogP contribution in [-0.2, 0) is 24.0 Å². The summed E-state index contributed by atoms with van der Waals surface area (Å²) >= 11 is 0. The van der Waals surface area contributed by atoms with Crippen molar-refractivity contribution in [1.29, 1.82) is 0 Å². The molecule has 0 saturated carbocycles. The Labute approximate surface area is 177 Å². The van der Waals surface area contributed by atoms with Crippen molar-refractivity contribution in [2.45, 2.75) is 65.5 Å². The van der Waals surface area contributed by atoms with Crippen molar-refractivity contribution in [2.24, 2.45) is 17.6 Å². The number of rotatable bonds is 14. The van der Waals surface area contributed by atoms with Crippen molar-refractivity contribution in [3.63, 3.8) is 0 Å². The maximum Gasteiger partial charge on any atom is 0.320 e. The Bertz CT molecular complexity index is 620. The number of likely N-dealkylation sites (N-methyl/N-ethyl adjacent to an activating group) is 1. The molecule has 3 amide bonds. The molecular weight excluding hydrogens is 392 g/mol. The fourth-order valence-corrected chi connectivity index (χ4v) is 2.51. The number of hydrogen-bond donors (Lipinski definition) is 4. The second-order valence-corrected chi connectivity index (χ2v) is 7.97. The van der Waals surface area contributed by atoms with Gasteiger partial charge in [-0.15, -0.1) is 0 Å². The van der Waals surface area contributed by atoms with Gasteiger partial charge in [0, 0.05) is 51.2 Å². The first-order chi connectivity index (χ1) is 13.9. The van der Waals surface area contributed by atoms with E-state index >= 15 is 0 Å². The van der Waals surface area contributed by atoms with E-state index in [1.54, 1.807) is 34.7 Å². The van der Waals surface area contributed by atoms with Gasteiger partial charge in [-0.25, -0.2) is 0 Å². The molecule has 0 fully saturated rings. The summed E-state index contributed by atoms with van der Waals surface area (Å²) in [7, 11) is 1.59. The molecule has 0 spiro atoms. The maximum absolute atomic E-state index is 12.3. The Morgan fingerprint density at radius 2 is 1.37 bits per heavy atom. The number of carboxylic acids is 1. The van der Waals surface area contributed by atoms with Crippen LogP contribution in [-0.4, -0.2) is 71.7 Å². The first-order valence-corrected chi connectivity index (χ1v) is 10.2. The molecule has 2 atom stereocenters. The molecule has 0 aromatic carbocycles. The van der Waals surface area contributed by atoms with Gasteiger partial charge in [0.15, 0.2) is 0 Å². The number of carbonyl (C=O) groups excluding carboxylic acids is 4. The van der Waals surface area contributed by atoms with Gasteiger partial charge in [0.1, 0.15) is 11.8 Å². The van der Waals surface area contributed by atoms with Crippen LogP contribution in [0.4, 0.5) is 0 Å². The Hall–Kier alpha value is -2.49. The van der Waals surface area contributed by atoms with E-state index in [1.807, 2.05) is 0 Å². The number of aliphatic carboxylic acids is 1. The number of hydrogen-bond acceptors (Lipinski definition) is 6. The van der Waals surface area contributed by atoms with Crippen molar-refractivity contribution in [3.8, 4) is 0 Å². The lowest BCUT2D eigenvalue weighted by molar-refractivity contribution is -0.139. The molecule has 0 bridgehead atoms. The van der Waals surface area contributed by atoms with Gasteiger partial charge in [0.05, 0.1) is 6.04 Å². The minimum atomic E-state index is -1.18. The van der Waals surface area contributed by atoms with Crippen LogP contribution in [0.1, 0.15) is 53.4 Å². The van der Waals surface area contributed by atoms with E-state index in [0.717, 1.165) is 0 Å². The third-order valence-corrected chi connectivity index (χ3v) is 4.70. The number of nitrogens with two attached hydrogens (primary N) is 1. The summed E-state index contributed by atoms with van der Waals surface area (Å²) in [5.74, 6) is -2.42. The Morgan fingerprint density at radius 3 is 1.80 bits per heavy atom. The quantitative estimate of drug-likeness (QED) is 0.300. The summed E-state index contributed by atoms with van der Waals surface area (Å²) in [5, 5.41) is 14.1. The number of carbonyl (C=O) groups is 5. The van der Waals surface area contributed by atoms with Crippen LogP contribution >= 0.6 is 0 Å². The third kappa shape index (κ3) is 10.9. The van der Waals surface area contributed by atoms with Gasteiger partial charge in [0.2, 0.25) is 17.7 Å². The van der Waals surface area contributed by atoms with Crippen molar-refractivity contribution < 1.29 is 29.1 Å². The Balaban J connectivity index is 4.78. The molecule has 0 aromatic rings. The molecule has 0 radical (unpaired) electrons. The van der Waals surface area contributed by atoms with E-state index in [2.05, 4.69) is 10.6 Å². The summed E-state index contributed by atoms with van der Waals surface area (Å²) in [6, 6.07) is -1.62. The highest BCUT2D eigenvalue weighted by atomic mass is 16.4. The van der Waals surface area contributed by atoms with Gasteiger partial charge in [0.25, 0.3) is 0 Å². The molecule has 10 heteroatoms. The lowest BCUT2D eigenvalue weighted by Gasteiger charge is -2.30. The normalized spacial score (nSPS) is 12.9. The first-order valence-electron chi connectivity index (χ1n) is 10.2. The SMILES string of the molecule is CC(C)C(=O)CCC(=O)NCC(CNC(=O)CC[C@H](N)C(=O)O)N(C)C(=O)C(C)C. The van der Waals surface area contributed by atoms with Gasteiger partial charge >= 0.3 is 5.97 Å². The van der Waals surface area contributed by atoms with Crippen LogP contribution < -0.4 is 16.4 Å². The van der Waals surface area contributed by atoms with Gasteiger partial charge in [-0.3, -0.25) is 24.0 Å². The van der Waals surface area contributed by atoms with E-state index in [4.69, 9.17) is 10.8 Å². The third-order valence-electron chi connectivity index (χ3n) is 4.70. The number of amides is 3. The maximum atomic E-state index is 12.3. The van der Waals surface area contributed by atoms with Crippen molar-refractivity contribution >= 4 is 29.5 Å². The van der Waals surface area contributed by atoms with Crippen molar-refractivity contribution in [3.05, 3.63) is 0 Å². The predicted octanol–water partition coefficient (Wildman–Crippen LogP) is -0.101. The minimum absolute atomic E-state index is 0.000589. The van der Waals surface area contributed by atoms with Gasteiger partial charge in [-0.05, 0) is 6.42 Å². The Kier molecular flexibility index (Phi) is 12.5. The lowest BCUT2D eigenvalue weighted by atomic mass is 10.0. The zero-order chi connectivity index (χ0) is 23.4. The van der Waals surface area contributed by atoms with Crippen molar-refractivity contribution in [2.75, 3.05) is 20.1 Å². The van der Waals surface area contributed by atoms with Crippen LogP contribution in [0.15, 0.2) is 0 Å². The highest BCUT2D eigenvalue weighted by Gasteiger charge is 2.23. The molecule has 0 aliphatic rings. The molecular formula is C20H36N4O6. The molecule has 10 nitrogen and oxygen atoms in total. The average Bonchev–Trinajstić information content (AvgIpc) is 2.68. The minimum Gasteiger partial charge on any atom is -0.480 e. The van der Waals surface area contributed by atoms with Gasteiger partial charge in [-0.1, -0.05) is 27.7 Å².